The van der Waals surface area contributed by atoms with Crippen LogP contribution in [0.3, 0.4) is 0 Å². The number of hydrogen-bond donors (Lipinski definition) is 2. The van der Waals surface area contributed by atoms with Gasteiger partial charge in [-0.25, -0.2) is 8.78 Å². The van der Waals surface area contributed by atoms with Crippen LogP contribution in [-0.4, -0.2) is 18.2 Å². The van der Waals surface area contributed by atoms with Crippen molar-refractivity contribution in [3.05, 3.63) is 35.4 Å². The van der Waals surface area contributed by atoms with E-state index in [0.717, 1.165) is 12.1 Å². The number of aliphatic hydroxyl groups is 1. The molecule has 1 aromatic carbocycles. The molecule has 80 valence electrons. The van der Waals surface area contributed by atoms with E-state index in [0.29, 0.717) is 0 Å². The minimum Gasteiger partial charge on any atom is -0.387 e. The third-order valence-electron chi connectivity index (χ3n) is 1.90. The summed E-state index contributed by atoms with van der Waals surface area (Å²) < 4.78 is 26.3. The van der Waals surface area contributed by atoms with Crippen LogP contribution in [0, 0.1) is 24.0 Å². The SMILES string of the molecule is C#CCNCC(O)c1c(F)cccc1F. The predicted octanol–water partition coefficient (Wildman–Crippen LogP) is 1.22. The molecule has 1 atom stereocenters. The zero-order valence-corrected chi connectivity index (χ0v) is 8.00. The van der Waals surface area contributed by atoms with Crippen molar-refractivity contribution >= 4 is 0 Å². The number of aliphatic hydroxyl groups excluding tert-OH is 1. The molecule has 0 aliphatic carbocycles. The fourth-order valence-electron chi connectivity index (χ4n) is 1.21. The molecular weight excluding hydrogens is 200 g/mol. The van der Waals surface area contributed by atoms with E-state index in [1.165, 1.54) is 6.07 Å². The molecule has 4 heteroatoms. The summed E-state index contributed by atoms with van der Waals surface area (Å²) in [5, 5.41) is 12.2. The van der Waals surface area contributed by atoms with Gasteiger partial charge in [0.25, 0.3) is 0 Å². The van der Waals surface area contributed by atoms with Gasteiger partial charge in [-0.15, -0.1) is 6.42 Å². The van der Waals surface area contributed by atoms with E-state index in [2.05, 4.69) is 11.2 Å². The Bertz CT molecular complexity index is 353. The monoisotopic (exact) mass is 211 g/mol. The van der Waals surface area contributed by atoms with Gasteiger partial charge in [0, 0.05) is 6.54 Å². The van der Waals surface area contributed by atoms with Gasteiger partial charge in [0.15, 0.2) is 0 Å². The first kappa shape index (κ1) is 11.6. The molecule has 1 aromatic rings. The minimum absolute atomic E-state index is 0.0159. The van der Waals surface area contributed by atoms with Gasteiger partial charge in [-0.1, -0.05) is 12.0 Å². The molecule has 2 N–H and O–H groups in total. The highest BCUT2D eigenvalue weighted by Crippen LogP contribution is 2.19. The molecule has 0 saturated heterocycles. The molecule has 0 heterocycles. The molecule has 0 fully saturated rings. The lowest BCUT2D eigenvalue weighted by Crippen LogP contribution is -2.23. The first-order valence-electron chi connectivity index (χ1n) is 4.43. The summed E-state index contributed by atoms with van der Waals surface area (Å²) in [7, 11) is 0. The summed E-state index contributed by atoms with van der Waals surface area (Å²) in [6.45, 7) is 0.259. The average molecular weight is 211 g/mol. The van der Waals surface area contributed by atoms with Crippen molar-refractivity contribution in [3.8, 4) is 12.3 Å². The normalized spacial score (nSPS) is 12.1. The second-order valence-corrected chi connectivity index (χ2v) is 2.99. The molecule has 15 heavy (non-hydrogen) atoms. The molecule has 0 spiro atoms. The molecular formula is C11H11F2NO. The summed E-state index contributed by atoms with van der Waals surface area (Å²) in [5.41, 5.74) is -0.331. The molecule has 2 nitrogen and oxygen atoms in total. The van der Waals surface area contributed by atoms with Gasteiger partial charge in [-0.3, -0.25) is 0 Å². The molecule has 0 aliphatic rings. The molecule has 1 unspecified atom stereocenters. The van der Waals surface area contributed by atoms with E-state index in [9.17, 15) is 13.9 Å². The van der Waals surface area contributed by atoms with Gasteiger partial charge in [-0.05, 0) is 12.1 Å². The Hall–Kier alpha value is -1.44. The molecule has 0 aromatic heterocycles. The number of nitrogens with one attached hydrogen (secondary N) is 1. The van der Waals surface area contributed by atoms with Crippen LogP contribution in [0.15, 0.2) is 18.2 Å². The van der Waals surface area contributed by atoms with Crippen molar-refractivity contribution in [1.82, 2.24) is 5.32 Å². The van der Waals surface area contributed by atoms with Gasteiger partial charge < -0.3 is 10.4 Å². The van der Waals surface area contributed by atoms with Gasteiger partial charge in [0.2, 0.25) is 0 Å². The van der Waals surface area contributed by atoms with Gasteiger partial charge >= 0.3 is 0 Å². The van der Waals surface area contributed by atoms with E-state index >= 15 is 0 Å². The Morgan fingerprint density at radius 2 is 2.00 bits per heavy atom. The number of terminal acetylenes is 1. The van der Waals surface area contributed by atoms with Crippen LogP contribution in [0.2, 0.25) is 0 Å². The first-order chi connectivity index (χ1) is 7.16. The van der Waals surface area contributed by atoms with Crippen LogP contribution in [0.1, 0.15) is 11.7 Å². The zero-order valence-electron chi connectivity index (χ0n) is 8.00. The second-order valence-electron chi connectivity index (χ2n) is 2.99. The maximum atomic E-state index is 13.1. The van der Waals surface area contributed by atoms with Crippen LogP contribution in [0.4, 0.5) is 8.78 Å². The van der Waals surface area contributed by atoms with Crippen molar-refractivity contribution in [2.75, 3.05) is 13.1 Å². The van der Waals surface area contributed by atoms with Crippen molar-refractivity contribution < 1.29 is 13.9 Å². The average Bonchev–Trinajstić information content (AvgIpc) is 2.18. The van der Waals surface area contributed by atoms with Crippen LogP contribution in [0.25, 0.3) is 0 Å². The zero-order chi connectivity index (χ0) is 11.3. The summed E-state index contributed by atoms with van der Waals surface area (Å²) in [6.07, 6.45) is 3.73. The van der Waals surface area contributed by atoms with Gasteiger partial charge in [0.05, 0.1) is 18.2 Å². The number of benzene rings is 1. The number of rotatable bonds is 4. The molecule has 0 aliphatic heterocycles. The van der Waals surface area contributed by atoms with E-state index in [1.54, 1.807) is 0 Å². The Balaban J connectivity index is 2.73. The summed E-state index contributed by atoms with van der Waals surface area (Å²) in [6, 6.07) is 3.45. The van der Waals surface area contributed by atoms with Gasteiger partial charge in [-0.2, -0.15) is 0 Å². The lowest BCUT2D eigenvalue weighted by molar-refractivity contribution is 0.166. The molecule has 0 bridgehead atoms. The lowest BCUT2D eigenvalue weighted by atomic mass is 10.1. The third-order valence-corrected chi connectivity index (χ3v) is 1.90. The highest BCUT2D eigenvalue weighted by molar-refractivity contribution is 5.22. The van der Waals surface area contributed by atoms with Crippen molar-refractivity contribution in [2.24, 2.45) is 0 Å². The van der Waals surface area contributed by atoms with Crippen LogP contribution in [-0.2, 0) is 0 Å². The first-order valence-corrected chi connectivity index (χ1v) is 4.43. The van der Waals surface area contributed by atoms with Crippen molar-refractivity contribution in [2.45, 2.75) is 6.10 Å². The quantitative estimate of drug-likeness (QED) is 0.579. The van der Waals surface area contributed by atoms with Crippen molar-refractivity contribution in [3.63, 3.8) is 0 Å². The molecule has 0 amide bonds. The second kappa shape index (κ2) is 5.44. The van der Waals surface area contributed by atoms with Crippen LogP contribution < -0.4 is 5.32 Å². The summed E-state index contributed by atoms with van der Waals surface area (Å²) >= 11 is 0. The maximum Gasteiger partial charge on any atom is 0.131 e. The van der Waals surface area contributed by atoms with Crippen LogP contribution in [0.5, 0.6) is 0 Å². The summed E-state index contributed by atoms with van der Waals surface area (Å²) in [4.78, 5) is 0. The topological polar surface area (TPSA) is 32.3 Å². The van der Waals surface area contributed by atoms with E-state index < -0.39 is 17.7 Å². The van der Waals surface area contributed by atoms with E-state index in [4.69, 9.17) is 6.42 Å². The van der Waals surface area contributed by atoms with E-state index in [1.807, 2.05) is 0 Å². The Morgan fingerprint density at radius 3 is 2.53 bits per heavy atom. The highest BCUT2D eigenvalue weighted by atomic mass is 19.1. The predicted molar refractivity (Wildman–Crippen MR) is 53.0 cm³/mol. The highest BCUT2D eigenvalue weighted by Gasteiger charge is 2.16. The maximum absolute atomic E-state index is 13.1. The summed E-state index contributed by atoms with van der Waals surface area (Å²) in [5.74, 6) is 0.776. The van der Waals surface area contributed by atoms with Gasteiger partial charge in [0.1, 0.15) is 11.6 Å². The molecule has 0 radical (unpaired) electrons. The van der Waals surface area contributed by atoms with Crippen LogP contribution >= 0.6 is 0 Å². The molecule has 1 rings (SSSR count). The Morgan fingerprint density at radius 1 is 1.40 bits per heavy atom. The standard InChI is InChI=1S/C11H11F2NO/c1-2-6-14-7-10(15)11-8(12)4-3-5-9(11)13/h1,3-5,10,14-15H,6-7H2. The third kappa shape index (κ3) is 3.01. The Kier molecular flexibility index (Phi) is 4.22. The Labute approximate surface area is 86.9 Å². The number of halogens is 2. The fourth-order valence-corrected chi connectivity index (χ4v) is 1.21. The largest absolute Gasteiger partial charge is 0.387 e. The minimum atomic E-state index is -1.24. The lowest BCUT2D eigenvalue weighted by Gasteiger charge is -2.12. The fraction of sp³-hybridized carbons (Fsp3) is 0.273. The van der Waals surface area contributed by atoms with E-state index in [-0.39, 0.29) is 18.7 Å². The van der Waals surface area contributed by atoms with Crippen molar-refractivity contribution in [1.29, 1.82) is 0 Å². The smallest absolute Gasteiger partial charge is 0.131 e. The number of hydrogen-bond acceptors (Lipinski definition) is 2. The molecule has 0 saturated carbocycles.